The third kappa shape index (κ3) is 1.01. The summed E-state index contributed by atoms with van der Waals surface area (Å²) in [5.41, 5.74) is 6.94. The third-order valence-electron chi connectivity index (χ3n) is 2.59. The van der Waals surface area contributed by atoms with Crippen molar-refractivity contribution >= 4 is 11.1 Å². The minimum atomic E-state index is -0.353. The van der Waals surface area contributed by atoms with Gasteiger partial charge in [0.15, 0.2) is 5.58 Å². The molecule has 0 saturated heterocycles. The molecule has 3 rings (SSSR count). The summed E-state index contributed by atoms with van der Waals surface area (Å²) in [6.07, 6.45) is 1.84. The summed E-state index contributed by atoms with van der Waals surface area (Å²) in [6, 6.07) is 4.86. The van der Waals surface area contributed by atoms with Gasteiger partial charge < -0.3 is 15.3 Å². The summed E-state index contributed by atoms with van der Waals surface area (Å²) in [5.74, 6) is 0.775. The van der Waals surface area contributed by atoms with Crippen LogP contribution in [-0.4, -0.2) is 10.1 Å². The number of hydrogen-bond donors (Lipinski definition) is 2. The summed E-state index contributed by atoms with van der Waals surface area (Å²) in [7, 11) is 0. The van der Waals surface area contributed by atoms with Crippen molar-refractivity contribution in [3.05, 3.63) is 24.1 Å². The Hall–Kier alpha value is -1.55. The van der Waals surface area contributed by atoms with Gasteiger partial charge in [0.2, 0.25) is 5.89 Å². The van der Waals surface area contributed by atoms with E-state index < -0.39 is 0 Å². The number of phenolic OH excluding ortho intramolecular Hbond substituents is 1. The minimum Gasteiger partial charge on any atom is -0.508 e. The summed E-state index contributed by atoms with van der Waals surface area (Å²) < 4.78 is 5.50. The Morgan fingerprint density at radius 1 is 1.43 bits per heavy atom. The summed E-state index contributed by atoms with van der Waals surface area (Å²) in [6.45, 7) is 0. The van der Waals surface area contributed by atoms with Gasteiger partial charge >= 0.3 is 0 Å². The van der Waals surface area contributed by atoms with Gasteiger partial charge in [0.05, 0.1) is 5.54 Å². The maximum atomic E-state index is 9.25. The number of benzene rings is 1. The normalized spacial score (nSPS) is 18.6. The molecule has 1 aliphatic rings. The number of aromatic hydroxyl groups is 1. The second-order valence-electron chi connectivity index (χ2n) is 3.83. The van der Waals surface area contributed by atoms with Crippen LogP contribution in [-0.2, 0) is 5.54 Å². The molecule has 72 valence electrons. The van der Waals surface area contributed by atoms with E-state index in [1.807, 2.05) is 0 Å². The van der Waals surface area contributed by atoms with Gasteiger partial charge in [0.1, 0.15) is 11.3 Å². The first-order valence-electron chi connectivity index (χ1n) is 4.56. The molecule has 3 N–H and O–H groups in total. The Labute approximate surface area is 80.4 Å². The van der Waals surface area contributed by atoms with E-state index in [2.05, 4.69) is 4.98 Å². The van der Waals surface area contributed by atoms with Crippen molar-refractivity contribution in [1.29, 1.82) is 0 Å². The Kier molecular flexibility index (Phi) is 1.27. The van der Waals surface area contributed by atoms with E-state index in [1.54, 1.807) is 18.2 Å². The summed E-state index contributed by atoms with van der Waals surface area (Å²) in [4.78, 5) is 4.26. The molecule has 4 heteroatoms. The van der Waals surface area contributed by atoms with Gasteiger partial charge in [-0.05, 0) is 25.0 Å². The lowest BCUT2D eigenvalue weighted by molar-refractivity contribution is 0.464. The van der Waals surface area contributed by atoms with Crippen LogP contribution in [0.2, 0.25) is 0 Å². The molecular weight excluding hydrogens is 180 g/mol. The SMILES string of the molecule is NC1(c2nc3cc(O)ccc3o2)CC1. The fraction of sp³-hybridized carbons (Fsp3) is 0.300. The van der Waals surface area contributed by atoms with Crippen LogP contribution >= 0.6 is 0 Å². The highest BCUT2D eigenvalue weighted by atomic mass is 16.4. The first kappa shape index (κ1) is 7.82. The molecule has 4 nitrogen and oxygen atoms in total. The highest BCUT2D eigenvalue weighted by Crippen LogP contribution is 2.43. The minimum absolute atomic E-state index is 0.194. The molecule has 1 saturated carbocycles. The van der Waals surface area contributed by atoms with Crippen LogP contribution in [0, 0.1) is 0 Å². The second kappa shape index (κ2) is 2.27. The van der Waals surface area contributed by atoms with Crippen molar-refractivity contribution < 1.29 is 9.52 Å². The molecule has 0 atom stereocenters. The van der Waals surface area contributed by atoms with Crippen molar-refractivity contribution in [1.82, 2.24) is 4.98 Å². The molecular formula is C10H10N2O2. The Balaban J connectivity index is 2.20. The van der Waals surface area contributed by atoms with Gasteiger partial charge in [-0.2, -0.15) is 0 Å². The topological polar surface area (TPSA) is 72.3 Å². The predicted molar refractivity (Wildman–Crippen MR) is 50.8 cm³/mol. The molecule has 1 aliphatic carbocycles. The van der Waals surface area contributed by atoms with Gasteiger partial charge in [0, 0.05) is 6.07 Å². The Bertz CT molecular complexity index is 500. The number of fused-ring (bicyclic) bond motifs is 1. The van der Waals surface area contributed by atoms with Crippen molar-refractivity contribution in [3.8, 4) is 5.75 Å². The van der Waals surface area contributed by atoms with Gasteiger partial charge in [-0.3, -0.25) is 0 Å². The number of hydrogen-bond acceptors (Lipinski definition) is 4. The lowest BCUT2D eigenvalue weighted by atomic mass is 10.3. The number of oxazole rings is 1. The Morgan fingerprint density at radius 3 is 2.93 bits per heavy atom. The molecule has 0 bridgehead atoms. The lowest BCUT2D eigenvalue weighted by Gasteiger charge is -1.99. The van der Waals surface area contributed by atoms with E-state index in [0.717, 1.165) is 12.8 Å². The van der Waals surface area contributed by atoms with Crippen LogP contribution in [0.5, 0.6) is 5.75 Å². The average molecular weight is 190 g/mol. The zero-order chi connectivity index (χ0) is 9.76. The molecule has 0 spiro atoms. The average Bonchev–Trinajstić information content (AvgIpc) is 2.77. The molecule has 0 amide bonds. The van der Waals surface area contributed by atoms with Crippen LogP contribution in [0.4, 0.5) is 0 Å². The van der Waals surface area contributed by atoms with Gasteiger partial charge in [-0.1, -0.05) is 0 Å². The van der Waals surface area contributed by atoms with Crippen LogP contribution < -0.4 is 5.73 Å². The number of phenols is 1. The molecule has 1 aromatic carbocycles. The molecule has 1 aromatic heterocycles. The number of aromatic nitrogens is 1. The van der Waals surface area contributed by atoms with E-state index in [0.29, 0.717) is 17.0 Å². The maximum Gasteiger partial charge on any atom is 0.215 e. The fourth-order valence-electron chi connectivity index (χ4n) is 1.48. The van der Waals surface area contributed by atoms with Crippen LogP contribution in [0.15, 0.2) is 22.6 Å². The molecule has 0 aliphatic heterocycles. The van der Waals surface area contributed by atoms with Crippen LogP contribution in [0.25, 0.3) is 11.1 Å². The molecule has 0 unspecified atom stereocenters. The third-order valence-corrected chi connectivity index (χ3v) is 2.59. The van der Waals surface area contributed by atoms with Gasteiger partial charge in [-0.25, -0.2) is 4.98 Å². The monoisotopic (exact) mass is 190 g/mol. The first-order chi connectivity index (χ1) is 6.67. The van der Waals surface area contributed by atoms with E-state index >= 15 is 0 Å². The molecule has 14 heavy (non-hydrogen) atoms. The first-order valence-corrected chi connectivity index (χ1v) is 4.56. The summed E-state index contributed by atoms with van der Waals surface area (Å²) >= 11 is 0. The Morgan fingerprint density at radius 2 is 2.21 bits per heavy atom. The van der Waals surface area contributed by atoms with Gasteiger partial charge in [0.25, 0.3) is 0 Å². The highest BCUT2D eigenvalue weighted by molar-refractivity contribution is 5.74. The maximum absolute atomic E-state index is 9.25. The fourth-order valence-corrected chi connectivity index (χ4v) is 1.48. The zero-order valence-corrected chi connectivity index (χ0v) is 7.53. The number of rotatable bonds is 1. The van der Waals surface area contributed by atoms with Crippen LogP contribution in [0.3, 0.4) is 0 Å². The quantitative estimate of drug-likeness (QED) is 0.714. The molecule has 0 radical (unpaired) electrons. The van der Waals surface area contributed by atoms with E-state index in [9.17, 15) is 5.11 Å². The number of nitrogens with zero attached hydrogens (tertiary/aromatic N) is 1. The van der Waals surface area contributed by atoms with E-state index in [1.165, 1.54) is 0 Å². The zero-order valence-electron chi connectivity index (χ0n) is 7.53. The van der Waals surface area contributed by atoms with E-state index in [-0.39, 0.29) is 11.3 Å². The van der Waals surface area contributed by atoms with Crippen molar-refractivity contribution in [2.75, 3.05) is 0 Å². The lowest BCUT2D eigenvalue weighted by Crippen LogP contribution is -2.18. The summed E-state index contributed by atoms with van der Waals surface area (Å²) in [5, 5.41) is 9.25. The van der Waals surface area contributed by atoms with Crippen LogP contribution in [0.1, 0.15) is 18.7 Å². The highest BCUT2D eigenvalue weighted by Gasteiger charge is 2.44. The largest absolute Gasteiger partial charge is 0.508 e. The van der Waals surface area contributed by atoms with Crippen molar-refractivity contribution in [2.45, 2.75) is 18.4 Å². The van der Waals surface area contributed by atoms with Crippen molar-refractivity contribution in [3.63, 3.8) is 0 Å². The standard InChI is InChI=1S/C10H10N2O2/c11-10(3-4-10)9-12-7-5-6(13)1-2-8(7)14-9/h1-2,5,13H,3-4,11H2. The smallest absolute Gasteiger partial charge is 0.215 e. The number of nitrogens with two attached hydrogens (primary N) is 1. The molecule has 1 heterocycles. The van der Waals surface area contributed by atoms with E-state index in [4.69, 9.17) is 10.2 Å². The predicted octanol–water partition coefficient (Wildman–Crippen LogP) is 1.48. The second-order valence-corrected chi connectivity index (χ2v) is 3.83. The molecule has 1 fully saturated rings. The van der Waals surface area contributed by atoms with Gasteiger partial charge in [-0.15, -0.1) is 0 Å². The molecule has 2 aromatic rings. The van der Waals surface area contributed by atoms with Crippen molar-refractivity contribution in [2.24, 2.45) is 5.73 Å².